The predicted molar refractivity (Wildman–Crippen MR) is 144 cm³/mol. The molecule has 3 heterocycles. The number of halogens is 2. The number of methoxy groups -OCH3 is 1. The van der Waals surface area contributed by atoms with E-state index in [2.05, 4.69) is 24.8 Å². The van der Waals surface area contributed by atoms with Crippen LogP contribution in [0.3, 0.4) is 0 Å². The van der Waals surface area contributed by atoms with Gasteiger partial charge in [0.15, 0.2) is 29.4 Å². The van der Waals surface area contributed by atoms with Crippen molar-refractivity contribution in [1.82, 2.24) is 24.6 Å². The van der Waals surface area contributed by atoms with E-state index in [4.69, 9.17) is 25.4 Å². The van der Waals surface area contributed by atoms with Crippen LogP contribution in [0.4, 0.5) is 10.2 Å². The number of fused-ring (bicyclic) bond motifs is 1. The first-order chi connectivity index (χ1) is 18.9. The third kappa shape index (κ3) is 5.92. The number of aryl methyl sites for hydroxylation is 1. The predicted octanol–water partition coefficient (Wildman–Crippen LogP) is 2.76. The van der Waals surface area contributed by atoms with Crippen LogP contribution in [0.25, 0.3) is 11.2 Å². The van der Waals surface area contributed by atoms with Gasteiger partial charge in [-0.05, 0) is 26.0 Å². The molecule has 6 atom stereocenters. The summed E-state index contributed by atoms with van der Waals surface area (Å²) in [6.07, 6.45) is -3.85. The summed E-state index contributed by atoms with van der Waals surface area (Å²) >= 11 is 6.22. The molecular formula is C24H31ClFN6O7P. The van der Waals surface area contributed by atoms with Gasteiger partial charge in [-0.1, -0.05) is 18.2 Å². The lowest BCUT2D eigenvalue weighted by atomic mass is 9.99. The molecule has 1 fully saturated rings. The van der Waals surface area contributed by atoms with Gasteiger partial charge in [0.05, 0.1) is 25.9 Å². The topological polar surface area (TPSA) is 150 Å². The molecule has 16 heteroatoms. The number of benzene rings is 1. The molecule has 0 aliphatic carbocycles. The molecule has 1 aromatic carbocycles. The quantitative estimate of drug-likeness (QED) is 0.189. The number of aliphatic hydroxyl groups is 1. The van der Waals surface area contributed by atoms with Crippen LogP contribution in [0.15, 0.2) is 36.7 Å². The van der Waals surface area contributed by atoms with E-state index in [1.54, 1.807) is 44.1 Å². The summed E-state index contributed by atoms with van der Waals surface area (Å²) < 4.78 is 52.7. The fourth-order valence-corrected chi connectivity index (χ4v) is 6.02. The Kier molecular flexibility index (Phi) is 8.98. The Balaban J connectivity index is 1.63. The summed E-state index contributed by atoms with van der Waals surface area (Å²) in [5.41, 5.74) is -1.17. The van der Waals surface area contributed by atoms with E-state index in [-0.39, 0.29) is 11.4 Å². The lowest BCUT2D eigenvalue weighted by Crippen LogP contribution is -2.48. The maximum absolute atomic E-state index is 15.7. The third-order valence-electron chi connectivity index (χ3n) is 6.26. The normalized spacial score (nSPS) is 24.9. The van der Waals surface area contributed by atoms with Gasteiger partial charge < -0.3 is 24.0 Å². The van der Waals surface area contributed by atoms with Gasteiger partial charge in [0.1, 0.15) is 29.3 Å². The Morgan fingerprint density at radius 2 is 2.05 bits per heavy atom. The highest BCUT2D eigenvalue weighted by molar-refractivity contribution is 7.52. The Morgan fingerprint density at radius 3 is 2.67 bits per heavy atom. The first-order valence-electron chi connectivity index (χ1n) is 12.2. The maximum Gasteiger partial charge on any atom is 0.459 e. The maximum atomic E-state index is 15.7. The van der Waals surface area contributed by atoms with E-state index in [1.165, 1.54) is 37.1 Å². The van der Waals surface area contributed by atoms with Gasteiger partial charge in [-0.15, -0.1) is 11.6 Å². The number of ether oxygens (including phenoxy) is 2. The standard InChI is InChI=1S/C24H31ClFN6O7P/c1-14(23(34)36-5)30-40(35,39-16-9-7-6-8-10-16)37-12-24(11-25)19(33)17(26)22(38-24)32-13-27-18-20(31(3)4)28-15(2)29-21(18)32/h6-10,13-14,17,19,22,33H,11-12H2,1-5H3,(H,30,35)/t14-,17+,19-,22+,24+,40?/m0/s1. The highest BCUT2D eigenvalue weighted by Gasteiger charge is 2.57. The minimum Gasteiger partial charge on any atom is -0.468 e. The van der Waals surface area contributed by atoms with Crippen LogP contribution < -0.4 is 14.5 Å². The number of rotatable bonds is 11. The molecule has 0 bridgehead atoms. The van der Waals surface area contributed by atoms with Crippen molar-refractivity contribution in [2.75, 3.05) is 38.6 Å². The van der Waals surface area contributed by atoms with E-state index >= 15 is 4.39 Å². The molecule has 2 aromatic heterocycles. The zero-order chi connectivity index (χ0) is 29.2. The summed E-state index contributed by atoms with van der Waals surface area (Å²) in [6, 6.07) is 6.98. The number of hydrogen-bond acceptors (Lipinski definition) is 11. The number of para-hydroxylation sites is 1. The molecule has 0 radical (unpaired) electrons. The van der Waals surface area contributed by atoms with E-state index in [0.717, 1.165) is 0 Å². The smallest absolute Gasteiger partial charge is 0.459 e. The molecule has 0 amide bonds. The molecule has 0 saturated carbocycles. The van der Waals surface area contributed by atoms with Crippen LogP contribution in [0, 0.1) is 6.92 Å². The van der Waals surface area contributed by atoms with Crippen molar-refractivity contribution in [3.05, 3.63) is 42.5 Å². The Bertz CT molecular complexity index is 1400. The van der Waals surface area contributed by atoms with Crippen molar-refractivity contribution in [3.63, 3.8) is 0 Å². The van der Waals surface area contributed by atoms with E-state index in [0.29, 0.717) is 17.2 Å². The molecule has 4 rings (SSSR count). The number of esters is 1. The number of imidazole rings is 1. The van der Waals surface area contributed by atoms with Crippen molar-refractivity contribution in [1.29, 1.82) is 0 Å². The molecule has 3 aromatic rings. The van der Waals surface area contributed by atoms with Crippen molar-refractivity contribution in [2.45, 2.75) is 44.0 Å². The number of nitrogens with one attached hydrogen (secondary N) is 1. The minimum atomic E-state index is -4.33. The number of anilines is 1. The Morgan fingerprint density at radius 1 is 1.35 bits per heavy atom. The molecule has 1 aliphatic heterocycles. The van der Waals surface area contributed by atoms with E-state index in [1.807, 2.05) is 0 Å². The van der Waals surface area contributed by atoms with Crippen molar-refractivity contribution >= 4 is 42.3 Å². The van der Waals surface area contributed by atoms with Crippen LogP contribution in [0.5, 0.6) is 5.75 Å². The minimum absolute atomic E-state index is 0.168. The van der Waals surface area contributed by atoms with Gasteiger partial charge in [-0.25, -0.2) is 23.9 Å². The number of nitrogens with zero attached hydrogens (tertiary/aromatic N) is 5. The summed E-state index contributed by atoms with van der Waals surface area (Å²) in [5.74, 6) is -0.0568. The molecule has 0 spiro atoms. The molecule has 1 saturated heterocycles. The molecular weight excluding hydrogens is 570 g/mol. The first kappa shape index (κ1) is 30.1. The van der Waals surface area contributed by atoms with Gasteiger partial charge in [-0.3, -0.25) is 13.9 Å². The van der Waals surface area contributed by atoms with Crippen molar-refractivity contribution in [2.24, 2.45) is 0 Å². The van der Waals surface area contributed by atoms with Crippen LogP contribution in [0.1, 0.15) is 19.0 Å². The van der Waals surface area contributed by atoms with E-state index in [9.17, 15) is 14.5 Å². The van der Waals surface area contributed by atoms with Crippen LogP contribution >= 0.6 is 19.3 Å². The number of aliphatic hydroxyl groups excluding tert-OH is 1. The van der Waals surface area contributed by atoms with Gasteiger partial charge in [0, 0.05) is 14.1 Å². The Hall–Kier alpha value is -2.87. The number of carbonyl (C=O) groups excluding carboxylic acids is 1. The van der Waals surface area contributed by atoms with Crippen LogP contribution in [-0.2, 0) is 23.4 Å². The van der Waals surface area contributed by atoms with Crippen LogP contribution in [-0.4, -0.2) is 88.2 Å². The van der Waals surface area contributed by atoms with Gasteiger partial charge >= 0.3 is 13.7 Å². The average Bonchev–Trinajstić information content (AvgIpc) is 3.45. The number of carbonyl (C=O) groups is 1. The van der Waals surface area contributed by atoms with E-state index < -0.39 is 56.3 Å². The monoisotopic (exact) mass is 600 g/mol. The van der Waals surface area contributed by atoms with Gasteiger partial charge in [-0.2, -0.15) is 5.09 Å². The highest BCUT2D eigenvalue weighted by atomic mass is 35.5. The SMILES string of the molecule is COC(=O)[C@H](C)NP(=O)(OC[C@@]1(CCl)O[C@@H](n2cnc3c(N(C)C)nc(C)nc32)[C@H](F)[C@@H]1O)Oc1ccccc1. The summed E-state index contributed by atoms with van der Waals surface area (Å²) in [4.78, 5) is 26.9. The number of aromatic nitrogens is 4. The fraction of sp³-hybridized carbons (Fsp3) is 0.500. The third-order valence-corrected chi connectivity index (χ3v) is 8.34. The molecule has 1 aliphatic rings. The number of alkyl halides is 2. The second-order valence-corrected chi connectivity index (χ2v) is 11.4. The number of hydrogen-bond donors (Lipinski definition) is 2. The lowest BCUT2D eigenvalue weighted by Gasteiger charge is -2.31. The summed E-state index contributed by atoms with van der Waals surface area (Å²) in [5, 5.41) is 13.5. The molecule has 40 heavy (non-hydrogen) atoms. The van der Waals surface area contributed by atoms with Crippen LogP contribution in [0.2, 0.25) is 0 Å². The molecule has 1 unspecified atom stereocenters. The largest absolute Gasteiger partial charge is 0.468 e. The lowest BCUT2D eigenvalue weighted by molar-refractivity contribution is -0.142. The van der Waals surface area contributed by atoms with Crippen molar-refractivity contribution in [3.8, 4) is 5.75 Å². The summed E-state index contributed by atoms with van der Waals surface area (Å²) in [6.45, 7) is 2.42. The summed E-state index contributed by atoms with van der Waals surface area (Å²) in [7, 11) is 0.414. The molecule has 218 valence electrons. The van der Waals surface area contributed by atoms with Gasteiger partial charge in [0.2, 0.25) is 0 Å². The van der Waals surface area contributed by atoms with Crippen molar-refractivity contribution < 1.29 is 37.4 Å². The molecule has 13 nitrogen and oxygen atoms in total. The second-order valence-electron chi connectivity index (χ2n) is 9.46. The zero-order valence-corrected chi connectivity index (χ0v) is 24.2. The average molecular weight is 601 g/mol. The first-order valence-corrected chi connectivity index (χ1v) is 14.3. The molecule has 2 N–H and O–H groups in total. The zero-order valence-electron chi connectivity index (χ0n) is 22.5. The van der Waals surface area contributed by atoms with Gasteiger partial charge in [0.25, 0.3) is 0 Å². The second kappa shape index (κ2) is 11.9. The highest BCUT2D eigenvalue weighted by Crippen LogP contribution is 2.49. The Labute approximate surface area is 235 Å². The fourth-order valence-electron chi connectivity index (χ4n) is 4.18.